The fraction of sp³-hybridized carbons (Fsp3) is 0.111. The molecule has 2 aromatic carbocycles. The van der Waals surface area contributed by atoms with E-state index in [1.165, 1.54) is 14.0 Å². The third kappa shape index (κ3) is 2.09. The minimum absolute atomic E-state index is 0.148. The maximum absolute atomic E-state index is 12.3. The molecule has 3 aromatic rings. The smallest absolute Gasteiger partial charge is 0.340 e. The minimum atomic E-state index is -0.449. The van der Waals surface area contributed by atoms with Crippen LogP contribution in [-0.4, -0.2) is 23.6 Å². The summed E-state index contributed by atoms with van der Waals surface area (Å²) in [5, 5.41) is 0.711. The van der Waals surface area contributed by atoms with Crippen molar-refractivity contribution in [2.75, 3.05) is 7.11 Å². The molecule has 0 unspecified atom stereocenters. The summed E-state index contributed by atoms with van der Waals surface area (Å²) in [5.74, 6) is -0.597. The molecule has 22 heavy (non-hydrogen) atoms. The van der Waals surface area contributed by atoms with Crippen LogP contribution >= 0.6 is 0 Å². The lowest BCUT2D eigenvalue weighted by molar-refractivity contribution is 0.0604. The number of rotatable bonds is 2. The number of esters is 1. The lowest BCUT2D eigenvalue weighted by Gasteiger charge is -2.08. The first kappa shape index (κ1) is 14.1. The van der Waals surface area contributed by atoms with Crippen LogP contribution in [0.4, 0.5) is 0 Å². The molecule has 1 aromatic heterocycles. The van der Waals surface area contributed by atoms with Crippen LogP contribution < -0.4 is 0 Å². The van der Waals surface area contributed by atoms with Crippen LogP contribution in [0, 0.1) is 0 Å². The van der Waals surface area contributed by atoms with Gasteiger partial charge in [0.15, 0.2) is 0 Å². The van der Waals surface area contributed by atoms with E-state index in [-0.39, 0.29) is 5.91 Å². The number of carbonyl (C=O) groups is 2. The first-order valence-corrected chi connectivity index (χ1v) is 6.93. The topological polar surface area (TPSA) is 48.3 Å². The number of benzene rings is 2. The molecule has 0 aliphatic rings. The molecule has 0 amide bonds. The molecule has 0 bridgehead atoms. The lowest BCUT2D eigenvalue weighted by atomic mass is 10.1. The van der Waals surface area contributed by atoms with Gasteiger partial charge in [-0.05, 0) is 11.6 Å². The highest BCUT2D eigenvalue weighted by Gasteiger charge is 2.25. The number of hydrogen-bond acceptors (Lipinski definition) is 3. The van der Waals surface area contributed by atoms with Crippen LogP contribution in [0.3, 0.4) is 0 Å². The van der Waals surface area contributed by atoms with E-state index in [0.717, 1.165) is 5.56 Å². The number of nitrogens with zero attached hydrogens (tertiary/aromatic N) is 1. The fourth-order valence-corrected chi connectivity index (χ4v) is 2.75. The zero-order valence-corrected chi connectivity index (χ0v) is 12.4. The summed E-state index contributed by atoms with van der Waals surface area (Å²) in [6.45, 7) is 1.49. The number of para-hydroxylation sites is 1. The third-order valence-electron chi connectivity index (χ3n) is 3.63. The van der Waals surface area contributed by atoms with Gasteiger partial charge in [0.05, 0.1) is 23.9 Å². The van der Waals surface area contributed by atoms with E-state index in [1.54, 1.807) is 4.57 Å². The number of aromatic nitrogens is 1. The summed E-state index contributed by atoms with van der Waals surface area (Å²) in [6, 6.07) is 16.7. The van der Waals surface area contributed by atoms with Crippen LogP contribution in [-0.2, 0) is 4.74 Å². The van der Waals surface area contributed by atoms with Crippen LogP contribution in [0.5, 0.6) is 0 Å². The number of hydrogen-bond donors (Lipinski definition) is 0. The third-order valence-corrected chi connectivity index (χ3v) is 3.63. The standard InChI is InChI=1S/C18H15NO3/c1-12(20)19-15-11-7-6-10-14(15)16(18(21)22-2)17(19)13-8-4-3-5-9-13/h3-11H,1-2H3. The predicted octanol–water partition coefficient (Wildman–Crippen LogP) is 3.76. The maximum atomic E-state index is 12.3. The molecule has 4 nitrogen and oxygen atoms in total. The summed E-state index contributed by atoms with van der Waals surface area (Å²) in [7, 11) is 1.34. The molecule has 4 heteroatoms. The monoisotopic (exact) mass is 293 g/mol. The highest BCUT2D eigenvalue weighted by atomic mass is 16.5. The van der Waals surface area contributed by atoms with Gasteiger partial charge in [0.1, 0.15) is 0 Å². The van der Waals surface area contributed by atoms with Crippen LogP contribution in [0.1, 0.15) is 22.1 Å². The molecular weight excluding hydrogens is 278 g/mol. The molecule has 110 valence electrons. The van der Waals surface area contributed by atoms with E-state index in [1.807, 2.05) is 54.6 Å². The average Bonchev–Trinajstić information content (AvgIpc) is 2.90. The molecule has 0 radical (unpaired) electrons. The first-order chi connectivity index (χ1) is 10.6. The van der Waals surface area contributed by atoms with E-state index in [2.05, 4.69) is 0 Å². The Labute approximate surface area is 127 Å². The molecule has 0 aliphatic heterocycles. The quantitative estimate of drug-likeness (QED) is 0.676. The maximum Gasteiger partial charge on any atom is 0.340 e. The Morgan fingerprint density at radius 1 is 0.955 bits per heavy atom. The molecule has 0 atom stereocenters. The van der Waals surface area contributed by atoms with E-state index in [9.17, 15) is 9.59 Å². The van der Waals surface area contributed by atoms with Crippen molar-refractivity contribution < 1.29 is 14.3 Å². The Balaban J connectivity index is 2.49. The second-order valence-electron chi connectivity index (χ2n) is 4.95. The van der Waals surface area contributed by atoms with Gasteiger partial charge < -0.3 is 4.74 Å². The lowest BCUT2D eigenvalue weighted by Crippen LogP contribution is -2.09. The molecule has 3 rings (SSSR count). The Morgan fingerprint density at radius 3 is 2.23 bits per heavy atom. The van der Waals surface area contributed by atoms with Crippen LogP contribution in [0.25, 0.3) is 22.2 Å². The summed E-state index contributed by atoms with van der Waals surface area (Å²) in [4.78, 5) is 24.5. The molecule has 0 aliphatic carbocycles. The Kier molecular flexibility index (Phi) is 3.51. The minimum Gasteiger partial charge on any atom is -0.465 e. The highest BCUT2D eigenvalue weighted by Crippen LogP contribution is 2.34. The van der Waals surface area contributed by atoms with E-state index in [4.69, 9.17) is 4.74 Å². The van der Waals surface area contributed by atoms with Crippen LogP contribution in [0.2, 0.25) is 0 Å². The zero-order chi connectivity index (χ0) is 15.7. The summed E-state index contributed by atoms with van der Waals surface area (Å²) >= 11 is 0. The van der Waals surface area contributed by atoms with Crippen LogP contribution in [0.15, 0.2) is 54.6 Å². The molecular formula is C18H15NO3. The van der Waals surface area contributed by atoms with Gasteiger partial charge in [0.2, 0.25) is 5.91 Å². The molecule has 0 saturated heterocycles. The first-order valence-electron chi connectivity index (χ1n) is 6.93. The zero-order valence-electron chi connectivity index (χ0n) is 12.4. The number of fused-ring (bicyclic) bond motifs is 1. The normalized spacial score (nSPS) is 10.6. The molecule has 0 N–H and O–H groups in total. The van der Waals surface area contributed by atoms with Gasteiger partial charge in [-0.25, -0.2) is 4.79 Å². The van der Waals surface area contributed by atoms with Gasteiger partial charge in [-0.1, -0.05) is 48.5 Å². The second-order valence-corrected chi connectivity index (χ2v) is 4.95. The van der Waals surface area contributed by atoms with Gasteiger partial charge >= 0.3 is 5.97 Å². The number of ether oxygens (including phenoxy) is 1. The summed E-state index contributed by atoms with van der Waals surface area (Å²) in [5.41, 5.74) is 2.49. The van der Waals surface area contributed by atoms with E-state index in [0.29, 0.717) is 22.2 Å². The Hall–Kier alpha value is -2.88. The Bertz CT molecular complexity index is 863. The van der Waals surface area contributed by atoms with Gasteiger partial charge in [0, 0.05) is 12.3 Å². The Morgan fingerprint density at radius 2 is 1.59 bits per heavy atom. The van der Waals surface area contributed by atoms with E-state index >= 15 is 0 Å². The molecule has 0 fully saturated rings. The van der Waals surface area contributed by atoms with Gasteiger partial charge in [-0.3, -0.25) is 9.36 Å². The predicted molar refractivity (Wildman–Crippen MR) is 85.0 cm³/mol. The van der Waals surface area contributed by atoms with Crippen molar-refractivity contribution in [1.82, 2.24) is 4.57 Å². The second kappa shape index (κ2) is 5.48. The summed E-state index contributed by atoms with van der Waals surface area (Å²) in [6.07, 6.45) is 0. The van der Waals surface area contributed by atoms with Gasteiger partial charge in [0.25, 0.3) is 0 Å². The van der Waals surface area contributed by atoms with Crippen molar-refractivity contribution in [2.45, 2.75) is 6.92 Å². The molecule has 0 saturated carbocycles. The van der Waals surface area contributed by atoms with Crippen molar-refractivity contribution in [3.05, 3.63) is 60.2 Å². The number of methoxy groups -OCH3 is 1. The summed E-state index contributed by atoms with van der Waals surface area (Å²) < 4.78 is 6.50. The van der Waals surface area contributed by atoms with E-state index < -0.39 is 5.97 Å². The van der Waals surface area contributed by atoms with Crippen molar-refractivity contribution in [3.63, 3.8) is 0 Å². The SMILES string of the molecule is COC(=O)c1c(-c2ccccc2)n(C(C)=O)c2ccccc12. The highest BCUT2D eigenvalue weighted by molar-refractivity contribution is 6.13. The van der Waals surface area contributed by atoms with Crippen molar-refractivity contribution in [2.24, 2.45) is 0 Å². The van der Waals surface area contributed by atoms with Crippen molar-refractivity contribution in [1.29, 1.82) is 0 Å². The number of carbonyl (C=O) groups excluding carboxylic acids is 2. The van der Waals surface area contributed by atoms with Gasteiger partial charge in [-0.2, -0.15) is 0 Å². The fourth-order valence-electron chi connectivity index (χ4n) is 2.75. The molecule has 0 spiro atoms. The van der Waals surface area contributed by atoms with Crippen molar-refractivity contribution in [3.8, 4) is 11.3 Å². The van der Waals surface area contributed by atoms with Crippen molar-refractivity contribution >= 4 is 22.8 Å². The average molecular weight is 293 g/mol. The van der Waals surface area contributed by atoms with Gasteiger partial charge in [-0.15, -0.1) is 0 Å². The largest absolute Gasteiger partial charge is 0.465 e. The molecule has 1 heterocycles.